The fourth-order valence-corrected chi connectivity index (χ4v) is 2.14. The molecule has 0 aromatic heterocycles. The lowest BCUT2D eigenvalue weighted by Gasteiger charge is -2.36. The van der Waals surface area contributed by atoms with Gasteiger partial charge in [0.2, 0.25) is 0 Å². The smallest absolute Gasteiger partial charge is 0.120 e. The molecule has 0 amide bonds. The van der Waals surface area contributed by atoms with Crippen molar-refractivity contribution in [1.29, 1.82) is 0 Å². The largest absolute Gasteiger partial charge is 0.508 e. The summed E-state index contributed by atoms with van der Waals surface area (Å²) in [5.41, 5.74) is 7.31. The highest BCUT2D eigenvalue weighted by Crippen LogP contribution is 2.23. The van der Waals surface area contributed by atoms with Gasteiger partial charge in [0.15, 0.2) is 0 Å². The van der Waals surface area contributed by atoms with Crippen LogP contribution >= 0.6 is 0 Å². The maximum absolute atomic E-state index is 9.80. The Hall–Kier alpha value is -1.26. The second-order valence-electron chi connectivity index (χ2n) is 4.81. The monoisotopic (exact) mass is 236 g/mol. The first-order chi connectivity index (χ1) is 8.06. The number of nitrogen functional groups attached to an aromatic ring is 1. The molecule has 1 aromatic rings. The third kappa shape index (κ3) is 2.90. The van der Waals surface area contributed by atoms with E-state index in [1.54, 1.807) is 12.1 Å². The first kappa shape index (κ1) is 12.2. The summed E-state index contributed by atoms with van der Waals surface area (Å²) in [6.07, 6.45) is 0.245. The van der Waals surface area contributed by atoms with Gasteiger partial charge >= 0.3 is 0 Å². The molecule has 3 N–H and O–H groups in total. The molecule has 2 rings (SSSR count). The highest BCUT2D eigenvalue weighted by Gasteiger charge is 2.23. The van der Waals surface area contributed by atoms with Crippen LogP contribution in [0.25, 0.3) is 0 Å². The van der Waals surface area contributed by atoms with E-state index in [1.165, 1.54) is 0 Å². The summed E-state index contributed by atoms with van der Waals surface area (Å²) >= 11 is 0. The Morgan fingerprint density at radius 3 is 3.00 bits per heavy atom. The SMILES string of the molecule is CC1CN(Cc2cc(N)ccc2O)C(C)CO1. The number of rotatable bonds is 2. The topological polar surface area (TPSA) is 58.7 Å². The van der Waals surface area contributed by atoms with E-state index in [0.717, 1.165) is 18.7 Å². The summed E-state index contributed by atoms with van der Waals surface area (Å²) < 4.78 is 5.58. The van der Waals surface area contributed by atoms with E-state index in [4.69, 9.17) is 10.5 Å². The Morgan fingerprint density at radius 1 is 1.47 bits per heavy atom. The van der Waals surface area contributed by atoms with Gasteiger partial charge in [0.1, 0.15) is 5.75 Å². The molecule has 1 aromatic carbocycles. The van der Waals surface area contributed by atoms with E-state index in [-0.39, 0.29) is 6.10 Å². The van der Waals surface area contributed by atoms with E-state index >= 15 is 0 Å². The molecule has 0 spiro atoms. The zero-order chi connectivity index (χ0) is 12.4. The predicted molar refractivity (Wildman–Crippen MR) is 67.8 cm³/mol. The molecule has 1 aliphatic rings. The Bertz CT molecular complexity index is 395. The summed E-state index contributed by atoms with van der Waals surface area (Å²) in [4.78, 5) is 2.31. The van der Waals surface area contributed by atoms with E-state index in [2.05, 4.69) is 18.7 Å². The van der Waals surface area contributed by atoms with Crippen molar-refractivity contribution >= 4 is 5.69 Å². The number of benzene rings is 1. The lowest BCUT2D eigenvalue weighted by atomic mass is 10.1. The van der Waals surface area contributed by atoms with Crippen LogP contribution in [-0.4, -0.2) is 35.3 Å². The summed E-state index contributed by atoms with van der Waals surface area (Å²) in [5.74, 6) is 0.311. The molecule has 0 saturated carbocycles. The maximum atomic E-state index is 9.80. The van der Waals surface area contributed by atoms with Crippen molar-refractivity contribution in [2.75, 3.05) is 18.9 Å². The summed E-state index contributed by atoms with van der Waals surface area (Å²) in [6.45, 7) is 6.54. The predicted octanol–water partition coefficient (Wildman–Crippen LogP) is 1.58. The fraction of sp³-hybridized carbons (Fsp3) is 0.538. The van der Waals surface area contributed by atoms with E-state index in [0.29, 0.717) is 24.0 Å². The molecule has 1 saturated heterocycles. The van der Waals surface area contributed by atoms with Gasteiger partial charge in [0.05, 0.1) is 12.7 Å². The average Bonchev–Trinajstić information content (AvgIpc) is 2.28. The molecule has 1 fully saturated rings. The highest BCUT2D eigenvalue weighted by molar-refractivity contribution is 5.47. The third-order valence-corrected chi connectivity index (χ3v) is 3.21. The van der Waals surface area contributed by atoms with Gasteiger partial charge in [-0.2, -0.15) is 0 Å². The van der Waals surface area contributed by atoms with Crippen LogP contribution in [0.5, 0.6) is 5.75 Å². The molecule has 4 nitrogen and oxygen atoms in total. The van der Waals surface area contributed by atoms with Gasteiger partial charge in [0, 0.05) is 30.4 Å². The quantitative estimate of drug-likeness (QED) is 0.604. The van der Waals surface area contributed by atoms with Gasteiger partial charge < -0.3 is 15.6 Å². The fourth-order valence-electron chi connectivity index (χ4n) is 2.14. The number of phenolic OH excluding ortho intramolecular Hbond substituents is 1. The van der Waals surface area contributed by atoms with Crippen LogP contribution in [0.1, 0.15) is 19.4 Å². The number of anilines is 1. The number of aromatic hydroxyl groups is 1. The number of hydrogen-bond acceptors (Lipinski definition) is 4. The van der Waals surface area contributed by atoms with Crippen molar-refractivity contribution in [3.8, 4) is 5.75 Å². The minimum absolute atomic E-state index is 0.245. The average molecular weight is 236 g/mol. The van der Waals surface area contributed by atoms with Gasteiger partial charge in [-0.05, 0) is 32.0 Å². The normalized spacial score (nSPS) is 26.0. The van der Waals surface area contributed by atoms with Gasteiger partial charge in [-0.3, -0.25) is 4.90 Å². The first-order valence-electron chi connectivity index (χ1n) is 5.99. The van der Waals surface area contributed by atoms with Gasteiger partial charge in [-0.1, -0.05) is 0 Å². The number of ether oxygens (including phenoxy) is 1. The minimum atomic E-state index is 0.245. The van der Waals surface area contributed by atoms with Crippen LogP contribution < -0.4 is 5.73 Å². The molecular weight excluding hydrogens is 216 g/mol. The first-order valence-corrected chi connectivity index (χ1v) is 5.99. The zero-order valence-electron chi connectivity index (χ0n) is 10.4. The molecule has 94 valence electrons. The molecule has 0 radical (unpaired) electrons. The number of hydrogen-bond donors (Lipinski definition) is 2. The Kier molecular flexibility index (Phi) is 3.54. The number of nitrogens with zero attached hydrogens (tertiary/aromatic N) is 1. The molecule has 4 heteroatoms. The molecule has 1 heterocycles. The second-order valence-corrected chi connectivity index (χ2v) is 4.81. The van der Waals surface area contributed by atoms with Crippen molar-refractivity contribution in [3.05, 3.63) is 23.8 Å². The molecular formula is C13H20N2O2. The van der Waals surface area contributed by atoms with Crippen LogP contribution in [0, 0.1) is 0 Å². The highest BCUT2D eigenvalue weighted by atomic mass is 16.5. The van der Waals surface area contributed by atoms with Crippen LogP contribution in [0.2, 0.25) is 0 Å². The summed E-state index contributed by atoms with van der Waals surface area (Å²) in [5, 5.41) is 9.80. The molecule has 2 unspecified atom stereocenters. The zero-order valence-corrected chi connectivity index (χ0v) is 10.4. The van der Waals surface area contributed by atoms with E-state index in [1.807, 2.05) is 6.07 Å². The number of morpholine rings is 1. The number of nitrogens with two attached hydrogens (primary N) is 1. The van der Waals surface area contributed by atoms with Gasteiger partial charge in [-0.15, -0.1) is 0 Å². The lowest BCUT2D eigenvalue weighted by molar-refractivity contribution is -0.0528. The van der Waals surface area contributed by atoms with Crippen molar-refractivity contribution < 1.29 is 9.84 Å². The summed E-state index contributed by atoms with van der Waals surface area (Å²) in [6, 6.07) is 5.57. The molecule has 2 atom stereocenters. The van der Waals surface area contributed by atoms with E-state index < -0.39 is 0 Å². The van der Waals surface area contributed by atoms with Crippen molar-refractivity contribution in [3.63, 3.8) is 0 Å². The lowest BCUT2D eigenvalue weighted by Crippen LogP contribution is -2.46. The third-order valence-electron chi connectivity index (χ3n) is 3.21. The Labute approximate surface area is 102 Å². The van der Waals surface area contributed by atoms with E-state index in [9.17, 15) is 5.11 Å². The molecule has 1 aliphatic heterocycles. The van der Waals surface area contributed by atoms with Gasteiger partial charge in [0.25, 0.3) is 0 Å². The van der Waals surface area contributed by atoms with Gasteiger partial charge in [-0.25, -0.2) is 0 Å². The molecule has 0 aliphatic carbocycles. The van der Waals surface area contributed by atoms with Crippen molar-refractivity contribution in [2.45, 2.75) is 32.5 Å². The minimum Gasteiger partial charge on any atom is -0.508 e. The maximum Gasteiger partial charge on any atom is 0.120 e. The summed E-state index contributed by atoms with van der Waals surface area (Å²) in [7, 11) is 0. The number of phenols is 1. The van der Waals surface area contributed by atoms with Crippen molar-refractivity contribution in [1.82, 2.24) is 4.90 Å². The Balaban J connectivity index is 2.11. The van der Waals surface area contributed by atoms with Crippen LogP contribution in [0.4, 0.5) is 5.69 Å². The van der Waals surface area contributed by atoms with Crippen LogP contribution in [0.3, 0.4) is 0 Å². The van der Waals surface area contributed by atoms with Crippen LogP contribution in [0.15, 0.2) is 18.2 Å². The Morgan fingerprint density at radius 2 is 2.24 bits per heavy atom. The standard InChI is InChI=1S/C13H20N2O2/c1-9-8-17-10(2)6-15(9)7-11-5-12(14)3-4-13(11)16/h3-5,9-10,16H,6-8,14H2,1-2H3. The molecule has 17 heavy (non-hydrogen) atoms. The molecule has 0 bridgehead atoms. The van der Waals surface area contributed by atoms with Crippen molar-refractivity contribution in [2.24, 2.45) is 0 Å². The second kappa shape index (κ2) is 4.94. The van der Waals surface area contributed by atoms with Crippen LogP contribution in [-0.2, 0) is 11.3 Å².